The number of hydrogen-bond donors (Lipinski definition) is 1. The van der Waals surface area contributed by atoms with Crippen LogP contribution in [0.2, 0.25) is 0 Å². The maximum Gasteiger partial charge on any atom is 0.118 e. The fraction of sp³-hybridized carbons (Fsp3) is 0.231. The van der Waals surface area contributed by atoms with Gasteiger partial charge in [-0.2, -0.15) is 0 Å². The number of rotatable bonds is 5. The molecule has 4 nitrogen and oxygen atoms in total. The summed E-state index contributed by atoms with van der Waals surface area (Å²) in [6.45, 7) is 1.53. The van der Waals surface area contributed by atoms with Gasteiger partial charge in [0.2, 0.25) is 0 Å². The monoisotopic (exact) mass is 229 g/mol. The lowest BCUT2D eigenvalue weighted by Crippen LogP contribution is -2.13. The highest BCUT2D eigenvalue weighted by molar-refractivity contribution is 5.27. The number of methoxy groups -OCH3 is 1. The van der Waals surface area contributed by atoms with Gasteiger partial charge in [-0.05, 0) is 17.7 Å². The molecular formula is C13H15N3O. The van der Waals surface area contributed by atoms with Crippen molar-refractivity contribution in [2.75, 3.05) is 7.11 Å². The largest absolute Gasteiger partial charge is 0.497 e. The van der Waals surface area contributed by atoms with Crippen molar-refractivity contribution in [3.63, 3.8) is 0 Å². The molecule has 0 saturated heterocycles. The lowest BCUT2D eigenvalue weighted by Gasteiger charge is -2.05. The Morgan fingerprint density at radius 2 is 1.94 bits per heavy atom. The summed E-state index contributed by atoms with van der Waals surface area (Å²) in [4.78, 5) is 8.21. The molecule has 0 saturated carbocycles. The molecule has 17 heavy (non-hydrogen) atoms. The average Bonchev–Trinajstić information content (AvgIpc) is 2.41. The molecular weight excluding hydrogens is 214 g/mol. The summed E-state index contributed by atoms with van der Waals surface area (Å²) in [6.07, 6.45) is 5.14. The molecule has 0 bridgehead atoms. The SMILES string of the molecule is COc1ccc(CNCc2cnccn2)cc1. The van der Waals surface area contributed by atoms with Gasteiger partial charge in [0.15, 0.2) is 0 Å². The molecule has 1 heterocycles. The first-order chi connectivity index (χ1) is 8.38. The van der Waals surface area contributed by atoms with Crippen molar-refractivity contribution < 1.29 is 4.74 Å². The van der Waals surface area contributed by atoms with E-state index in [0.717, 1.165) is 24.5 Å². The van der Waals surface area contributed by atoms with E-state index in [0.29, 0.717) is 0 Å². The van der Waals surface area contributed by atoms with E-state index in [2.05, 4.69) is 15.3 Å². The molecule has 0 aliphatic heterocycles. The second-order valence-corrected chi connectivity index (χ2v) is 3.65. The predicted molar refractivity (Wildman–Crippen MR) is 65.6 cm³/mol. The number of ether oxygens (including phenoxy) is 1. The van der Waals surface area contributed by atoms with E-state index in [1.54, 1.807) is 25.7 Å². The van der Waals surface area contributed by atoms with Gasteiger partial charge in [0, 0.05) is 31.7 Å². The number of hydrogen-bond acceptors (Lipinski definition) is 4. The van der Waals surface area contributed by atoms with Crippen LogP contribution in [0, 0.1) is 0 Å². The first kappa shape index (κ1) is 11.5. The Labute approximate surface area is 101 Å². The number of aromatic nitrogens is 2. The second kappa shape index (κ2) is 5.96. The maximum atomic E-state index is 5.10. The van der Waals surface area contributed by atoms with Gasteiger partial charge in [-0.3, -0.25) is 9.97 Å². The van der Waals surface area contributed by atoms with Crippen molar-refractivity contribution in [1.82, 2.24) is 15.3 Å². The summed E-state index contributed by atoms with van der Waals surface area (Å²) in [5.41, 5.74) is 2.16. The van der Waals surface area contributed by atoms with Crippen molar-refractivity contribution in [2.24, 2.45) is 0 Å². The fourth-order valence-corrected chi connectivity index (χ4v) is 1.50. The van der Waals surface area contributed by atoms with E-state index >= 15 is 0 Å². The zero-order valence-corrected chi connectivity index (χ0v) is 9.76. The molecule has 2 aromatic rings. The topological polar surface area (TPSA) is 47.0 Å². The maximum absolute atomic E-state index is 5.10. The molecule has 1 N–H and O–H groups in total. The minimum absolute atomic E-state index is 0.722. The van der Waals surface area contributed by atoms with Crippen molar-refractivity contribution in [3.05, 3.63) is 54.1 Å². The molecule has 88 valence electrons. The number of benzene rings is 1. The molecule has 1 aromatic carbocycles. The van der Waals surface area contributed by atoms with Crippen LogP contribution in [0.15, 0.2) is 42.9 Å². The van der Waals surface area contributed by atoms with Gasteiger partial charge in [0.05, 0.1) is 12.8 Å². The van der Waals surface area contributed by atoms with Gasteiger partial charge in [0.1, 0.15) is 5.75 Å². The lowest BCUT2D eigenvalue weighted by atomic mass is 10.2. The predicted octanol–water partition coefficient (Wildman–Crippen LogP) is 1.77. The van der Waals surface area contributed by atoms with Gasteiger partial charge < -0.3 is 10.1 Å². The zero-order valence-electron chi connectivity index (χ0n) is 9.76. The summed E-state index contributed by atoms with van der Waals surface area (Å²) in [5, 5.41) is 3.31. The Morgan fingerprint density at radius 1 is 1.12 bits per heavy atom. The first-order valence-electron chi connectivity index (χ1n) is 5.47. The Bertz CT molecular complexity index is 442. The third kappa shape index (κ3) is 3.53. The van der Waals surface area contributed by atoms with Crippen molar-refractivity contribution in [2.45, 2.75) is 13.1 Å². The number of nitrogens with one attached hydrogen (secondary N) is 1. The van der Waals surface area contributed by atoms with Crippen LogP contribution in [0.4, 0.5) is 0 Å². The van der Waals surface area contributed by atoms with Crippen LogP contribution < -0.4 is 10.1 Å². The quantitative estimate of drug-likeness (QED) is 0.849. The minimum Gasteiger partial charge on any atom is -0.497 e. The molecule has 0 amide bonds. The molecule has 0 radical (unpaired) electrons. The van der Waals surface area contributed by atoms with Crippen LogP contribution in [-0.2, 0) is 13.1 Å². The summed E-state index contributed by atoms with van der Waals surface area (Å²) in [7, 11) is 1.67. The normalized spacial score (nSPS) is 10.2. The van der Waals surface area contributed by atoms with E-state index in [-0.39, 0.29) is 0 Å². The smallest absolute Gasteiger partial charge is 0.118 e. The molecule has 0 aliphatic carbocycles. The van der Waals surface area contributed by atoms with Crippen molar-refractivity contribution >= 4 is 0 Å². The van der Waals surface area contributed by atoms with E-state index in [1.807, 2.05) is 24.3 Å². The van der Waals surface area contributed by atoms with Crippen LogP contribution in [-0.4, -0.2) is 17.1 Å². The van der Waals surface area contributed by atoms with E-state index in [4.69, 9.17) is 4.74 Å². The highest BCUT2D eigenvalue weighted by Gasteiger charge is 1.96. The van der Waals surface area contributed by atoms with Crippen LogP contribution >= 0.6 is 0 Å². The highest BCUT2D eigenvalue weighted by Crippen LogP contribution is 2.10. The van der Waals surface area contributed by atoms with Crippen LogP contribution in [0.1, 0.15) is 11.3 Å². The zero-order chi connectivity index (χ0) is 11.9. The lowest BCUT2D eigenvalue weighted by molar-refractivity contribution is 0.414. The summed E-state index contributed by atoms with van der Waals surface area (Å²) in [6, 6.07) is 8.00. The fourth-order valence-electron chi connectivity index (χ4n) is 1.50. The van der Waals surface area contributed by atoms with Gasteiger partial charge >= 0.3 is 0 Å². The van der Waals surface area contributed by atoms with Gasteiger partial charge in [-0.15, -0.1) is 0 Å². The van der Waals surface area contributed by atoms with Gasteiger partial charge in [-0.1, -0.05) is 12.1 Å². The summed E-state index contributed by atoms with van der Waals surface area (Å²) in [5.74, 6) is 0.877. The summed E-state index contributed by atoms with van der Waals surface area (Å²) < 4.78 is 5.10. The van der Waals surface area contributed by atoms with Crippen LogP contribution in [0.5, 0.6) is 5.75 Å². The minimum atomic E-state index is 0.722. The van der Waals surface area contributed by atoms with Crippen molar-refractivity contribution in [3.8, 4) is 5.75 Å². The van der Waals surface area contributed by atoms with Gasteiger partial charge in [0.25, 0.3) is 0 Å². The molecule has 0 spiro atoms. The van der Waals surface area contributed by atoms with Gasteiger partial charge in [-0.25, -0.2) is 0 Å². The van der Waals surface area contributed by atoms with E-state index < -0.39 is 0 Å². The molecule has 0 aliphatic rings. The molecule has 0 unspecified atom stereocenters. The molecule has 2 rings (SSSR count). The average molecular weight is 229 g/mol. The third-order valence-electron chi connectivity index (χ3n) is 2.41. The second-order valence-electron chi connectivity index (χ2n) is 3.65. The van der Waals surface area contributed by atoms with Crippen LogP contribution in [0.3, 0.4) is 0 Å². The van der Waals surface area contributed by atoms with E-state index in [9.17, 15) is 0 Å². The first-order valence-corrected chi connectivity index (χ1v) is 5.47. The Kier molecular flexibility index (Phi) is 4.05. The number of nitrogens with zero attached hydrogens (tertiary/aromatic N) is 2. The van der Waals surface area contributed by atoms with Crippen LogP contribution in [0.25, 0.3) is 0 Å². The Balaban J connectivity index is 1.82. The molecule has 1 aromatic heterocycles. The summed E-state index contributed by atoms with van der Waals surface area (Å²) >= 11 is 0. The Hall–Kier alpha value is -1.94. The van der Waals surface area contributed by atoms with E-state index in [1.165, 1.54) is 5.56 Å². The highest BCUT2D eigenvalue weighted by atomic mass is 16.5. The molecule has 0 fully saturated rings. The third-order valence-corrected chi connectivity index (χ3v) is 2.41. The Morgan fingerprint density at radius 3 is 2.59 bits per heavy atom. The molecule has 4 heteroatoms. The standard InChI is InChI=1S/C13H15N3O/c1-17-13-4-2-11(3-5-13)8-15-10-12-9-14-6-7-16-12/h2-7,9,15H,8,10H2,1H3. The molecule has 0 atom stereocenters. The van der Waals surface area contributed by atoms with Crippen molar-refractivity contribution in [1.29, 1.82) is 0 Å².